The molecule has 3 aromatic carbocycles. The molecule has 0 bridgehead atoms. The fourth-order valence-corrected chi connectivity index (χ4v) is 7.29. The molecule has 0 fully saturated rings. The van der Waals surface area contributed by atoms with Crippen LogP contribution in [0.15, 0.2) is 42.5 Å². The van der Waals surface area contributed by atoms with Gasteiger partial charge in [0.15, 0.2) is 12.6 Å². The zero-order chi connectivity index (χ0) is 26.0. The first kappa shape index (κ1) is 24.5. The summed E-state index contributed by atoms with van der Waals surface area (Å²) in [7, 11) is 0. The number of carbonyl (C=O) groups excluding carboxylic acids is 2. The van der Waals surface area contributed by atoms with Gasteiger partial charge in [-0.05, 0) is 89.0 Å². The van der Waals surface area contributed by atoms with Crippen molar-refractivity contribution >= 4 is 12.6 Å². The van der Waals surface area contributed by atoms with Crippen molar-refractivity contribution < 1.29 is 14.3 Å². The maximum atomic E-state index is 12.9. The third-order valence-corrected chi connectivity index (χ3v) is 8.76. The first-order valence-electron chi connectivity index (χ1n) is 12.9. The summed E-state index contributed by atoms with van der Waals surface area (Å²) in [4.78, 5) is 25.5. The number of carbonyl (C=O) groups is 2. The van der Waals surface area contributed by atoms with Crippen LogP contribution in [0.5, 0.6) is 5.75 Å². The molecule has 0 amide bonds. The standard InChI is InChI=1S/C33H36O3/c1-20-13-26-28(24(15-34)22(20)3)33(18-31(26,4)5)19-32(6,7)27-14-21(2)30(25(16-35)29(27)33)36-17-23-11-9-8-10-12-23/h8-16H,17-19H2,1-7H3/t33-/m0/s1. The molecule has 0 heterocycles. The Balaban J connectivity index is 1.80. The molecule has 0 unspecified atom stereocenters. The van der Waals surface area contributed by atoms with Crippen molar-refractivity contribution in [3.05, 3.63) is 98.1 Å². The maximum Gasteiger partial charge on any atom is 0.154 e. The topological polar surface area (TPSA) is 43.4 Å². The van der Waals surface area contributed by atoms with E-state index in [1.165, 1.54) is 11.1 Å². The van der Waals surface area contributed by atoms with E-state index >= 15 is 0 Å². The van der Waals surface area contributed by atoms with Gasteiger partial charge in [0.25, 0.3) is 0 Å². The molecule has 0 radical (unpaired) electrons. The third-order valence-electron chi connectivity index (χ3n) is 8.76. The Morgan fingerprint density at radius 2 is 1.31 bits per heavy atom. The second-order valence-electron chi connectivity index (χ2n) is 12.2. The number of aryl methyl sites for hydroxylation is 2. The summed E-state index contributed by atoms with van der Waals surface area (Å²) in [5, 5.41) is 0. The Bertz CT molecular complexity index is 1390. The van der Waals surface area contributed by atoms with Crippen LogP contribution in [0.4, 0.5) is 0 Å². The highest BCUT2D eigenvalue weighted by Crippen LogP contribution is 2.65. The Hall–Kier alpha value is -3.20. The number of hydrogen-bond acceptors (Lipinski definition) is 3. The molecule has 1 spiro atoms. The highest BCUT2D eigenvalue weighted by Gasteiger charge is 2.58. The summed E-state index contributed by atoms with van der Waals surface area (Å²) in [6, 6.07) is 14.5. The van der Waals surface area contributed by atoms with Crippen LogP contribution in [-0.4, -0.2) is 12.6 Å². The largest absolute Gasteiger partial charge is 0.488 e. The molecule has 0 aromatic heterocycles. The van der Waals surface area contributed by atoms with E-state index in [1.807, 2.05) is 44.2 Å². The van der Waals surface area contributed by atoms with E-state index < -0.39 is 5.41 Å². The van der Waals surface area contributed by atoms with Crippen LogP contribution < -0.4 is 4.74 Å². The summed E-state index contributed by atoms with van der Waals surface area (Å²) < 4.78 is 6.38. The van der Waals surface area contributed by atoms with E-state index in [0.29, 0.717) is 17.9 Å². The van der Waals surface area contributed by atoms with Crippen molar-refractivity contribution in [2.45, 2.75) is 84.2 Å². The average molecular weight is 481 g/mol. The quantitative estimate of drug-likeness (QED) is 0.356. The van der Waals surface area contributed by atoms with E-state index in [9.17, 15) is 9.59 Å². The number of fused-ring (bicyclic) bond motifs is 4. The molecule has 3 aromatic rings. The smallest absolute Gasteiger partial charge is 0.154 e. The first-order chi connectivity index (χ1) is 17.0. The van der Waals surface area contributed by atoms with E-state index in [1.54, 1.807) is 0 Å². The van der Waals surface area contributed by atoms with Crippen molar-refractivity contribution in [1.82, 2.24) is 0 Å². The van der Waals surface area contributed by atoms with Gasteiger partial charge in [-0.1, -0.05) is 70.2 Å². The van der Waals surface area contributed by atoms with Crippen molar-refractivity contribution in [3.8, 4) is 5.75 Å². The molecule has 1 atom stereocenters. The van der Waals surface area contributed by atoms with E-state index in [0.717, 1.165) is 64.4 Å². The lowest BCUT2D eigenvalue weighted by atomic mass is 9.70. The normalized spacial score (nSPS) is 20.8. The number of rotatable bonds is 5. The van der Waals surface area contributed by atoms with Crippen LogP contribution in [0.25, 0.3) is 0 Å². The van der Waals surface area contributed by atoms with Gasteiger partial charge in [-0.3, -0.25) is 9.59 Å². The number of aldehydes is 2. The van der Waals surface area contributed by atoms with Crippen LogP contribution in [0.2, 0.25) is 0 Å². The number of hydrogen-bond donors (Lipinski definition) is 0. The van der Waals surface area contributed by atoms with Gasteiger partial charge in [0.05, 0.1) is 5.56 Å². The number of ether oxygens (including phenoxy) is 1. The molecule has 36 heavy (non-hydrogen) atoms. The summed E-state index contributed by atoms with van der Waals surface area (Å²) in [6.45, 7) is 15.7. The molecule has 0 N–H and O–H groups in total. The van der Waals surface area contributed by atoms with Gasteiger partial charge in [-0.25, -0.2) is 0 Å². The Morgan fingerprint density at radius 3 is 1.86 bits per heavy atom. The zero-order valence-electron chi connectivity index (χ0n) is 22.5. The second-order valence-corrected chi connectivity index (χ2v) is 12.2. The summed E-state index contributed by atoms with van der Waals surface area (Å²) in [5.74, 6) is 0.660. The number of benzene rings is 3. The molecule has 0 saturated heterocycles. The molecule has 0 saturated carbocycles. The zero-order valence-corrected chi connectivity index (χ0v) is 22.5. The lowest BCUT2D eigenvalue weighted by Crippen LogP contribution is -2.29. The van der Waals surface area contributed by atoms with Gasteiger partial charge in [0.1, 0.15) is 12.4 Å². The van der Waals surface area contributed by atoms with Gasteiger partial charge >= 0.3 is 0 Å². The van der Waals surface area contributed by atoms with E-state index in [4.69, 9.17) is 4.74 Å². The molecular weight excluding hydrogens is 444 g/mol. The van der Waals surface area contributed by atoms with Crippen molar-refractivity contribution in [3.63, 3.8) is 0 Å². The van der Waals surface area contributed by atoms with Gasteiger partial charge in [0, 0.05) is 11.0 Å². The first-order valence-corrected chi connectivity index (χ1v) is 12.9. The summed E-state index contributed by atoms with van der Waals surface area (Å²) in [6.07, 6.45) is 3.74. The van der Waals surface area contributed by atoms with Crippen molar-refractivity contribution in [2.24, 2.45) is 0 Å². The molecule has 3 heteroatoms. The summed E-state index contributed by atoms with van der Waals surface area (Å²) >= 11 is 0. The second kappa shape index (κ2) is 8.16. The minimum Gasteiger partial charge on any atom is -0.488 e. The molecule has 3 nitrogen and oxygen atoms in total. The van der Waals surface area contributed by atoms with Crippen molar-refractivity contribution in [1.29, 1.82) is 0 Å². The van der Waals surface area contributed by atoms with Crippen LogP contribution >= 0.6 is 0 Å². The van der Waals surface area contributed by atoms with E-state index in [-0.39, 0.29) is 10.8 Å². The fourth-order valence-electron chi connectivity index (χ4n) is 7.29. The summed E-state index contributed by atoms with van der Waals surface area (Å²) in [5.41, 5.74) is 9.59. The monoisotopic (exact) mass is 480 g/mol. The van der Waals surface area contributed by atoms with Gasteiger partial charge < -0.3 is 4.74 Å². The Labute approximate surface area is 214 Å². The predicted octanol–water partition coefficient (Wildman–Crippen LogP) is 7.46. The van der Waals surface area contributed by atoms with Crippen LogP contribution in [0, 0.1) is 20.8 Å². The van der Waals surface area contributed by atoms with Crippen LogP contribution in [0.1, 0.15) is 106 Å². The molecular formula is C33H36O3. The lowest BCUT2D eigenvalue weighted by molar-refractivity contribution is 0.111. The predicted molar refractivity (Wildman–Crippen MR) is 145 cm³/mol. The van der Waals surface area contributed by atoms with Gasteiger partial charge in [-0.2, -0.15) is 0 Å². The SMILES string of the molecule is Cc1cc2c(c(C=O)c1C)[C@]1(CC2(C)C)CC(C)(C)c2cc(C)c(OCc3ccccc3)c(C=O)c21. The van der Waals surface area contributed by atoms with Crippen LogP contribution in [0.3, 0.4) is 0 Å². The minimum absolute atomic E-state index is 0.126. The highest BCUT2D eigenvalue weighted by atomic mass is 16.5. The van der Waals surface area contributed by atoms with Crippen molar-refractivity contribution in [2.75, 3.05) is 0 Å². The minimum atomic E-state index is -0.416. The highest BCUT2D eigenvalue weighted by molar-refractivity contribution is 5.89. The van der Waals surface area contributed by atoms with E-state index in [2.05, 4.69) is 46.8 Å². The molecule has 2 aliphatic carbocycles. The molecule has 186 valence electrons. The van der Waals surface area contributed by atoms with Crippen LogP contribution in [-0.2, 0) is 22.9 Å². The lowest BCUT2D eigenvalue weighted by Gasteiger charge is -2.32. The van der Waals surface area contributed by atoms with Gasteiger partial charge in [0.2, 0.25) is 0 Å². The molecule has 5 rings (SSSR count). The molecule has 0 aliphatic heterocycles. The average Bonchev–Trinajstić information content (AvgIpc) is 3.18. The fraction of sp³-hybridized carbons (Fsp3) is 0.394. The Kier molecular flexibility index (Phi) is 5.55. The molecule has 2 aliphatic rings. The maximum absolute atomic E-state index is 12.9. The van der Waals surface area contributed by atoms with Gasteiger partial charge in [-0.15, -0.1) is 0 Å². The third kappa shape index (κ3) is 3.39. The Morgan fingerprint density at radius 1 is 0.778 bits per heavy atom.